The standard InChI is InChI=1S/C21H19N3O2S/c1-13-8-9-14(2)20-16(13)10-15(11-22)21(24-20)27-12-19(25)23-17-6-4-5-7-18(17)26-3/h4-10H,12H2,1-3H3,(H,23,25). The van der Waals surface area contributed by atoms with E-state index in [2.05, 4.69) is 16.4 Å². The summed E-state index contributed by atoms with van der Waals surface area (Å²) in [4.78, 5) is 17.0. The van der Waals surface area contributed by atoms with Gasteiger partial charge in [0.2, 0.25) is 5.91 Å². The lowest BCUT2D eigenvalue weighted by Gasteiger charge is -2.11. The van der Waals surface area contributed by atoms with E-state index in [4.69, 9.17) is 4.74 Å². The maximum atomic E-state index is 12.3. The van der Waals surface area contributed by atoms with Crippen LogP contribution in [0.5, 0.6) is 5.75 Å². The molecule has 136 valence electrons. The van der Waals surface area contributed by atoms with E-state index in [1.807, 2.05) is 44.2 Å². The van der Waals surface area contributed by atoms with E-state index in [1.54, 1.807) is 19.2 Å². The van der Waals surface area contributed by atoms with Gasteiger partial charge in [-0.15, -0.1) is 0 Å². The van der Waals surface area contributed by atoms with Gasteiger partial charge in [0.1, 0.15) is 16.8 Å². The van der Waals surface area contributed by atoms with Crippen molar-refractivity contribution in [3.05, 3.63) is 59.2 Å². The second-order valence-corrected chi connectivity index (χ2v) is 7.05. The van der Waals surface area contributed by atoms with Crippen molar-refractivity contribution in [2.45, 2.75) is 18.9 Å². The van der Waals surface area contributed by atoms with Gasteiger partial charge < -0.3 is 10.1 Å². The van der Waals surface area contributed by atoms with Gasteiger partial charge in [0.05, 0.1) is 29.6 Å². The van der Waals surface area contributed by atoms with Gasteiger partial charge in [0.15, 0.2) is 0 Å². The molecule has 0 spiro atoms. The lowest BCUT2D eigenvalue weighted by Crippen LogP contribution is -2.15. The van der Waals surface area contributed by atoms with Gasteiger partial charge in [-0.05, 0) is 43.2 Å². The molecule has 0 radical (unpaired) electrons. The number of hydrogen-bond acceptors (Lipinski definition) is 5. The molecule has 0 aliphatic rings. The van der Waals surface area contributed by atoms with Crippen LogP contribution >= 0.6 is 11.8 Å². The first-order valence-electron chi connectivity index (χ1n) is 8.40. The Labute approximate surface area is 162 Å². The fourth-order valence-corrected chi connectivity index (χ4v) is 3.53. The Balaban J connectivity index is 1.81. The van der Waals surface area contributed by atoms with E-state index in [0.29, 0.717) is 22.0 Å². The summed E-state index contributed by atoms with van der Waals surface area (Å²) in [5.74, 6) is 0.565. The maximum Gasteiger partial charge on any atom is 0.234 e. The van der Waals surface area contributed by atoms with E-state index >= 15 is 0 Å². The molecule has 0 atom stereocenters. The van der Waals surface area contributed by atoms with Crippen molar-refractivity contribution in [3.8, 4) is 11.8 Å². The minimum atomic E-state index is -0.184. The number of methoxy groups -OCH3 is 1. The monoisotopic (exact) mass is 377 g/mol. The number of para-hydroxylation sites is 2. The summed E-state index contributed by atoms with van der Waals surface area (Å²) in [5.41, 5.74) is 4.07. The molecule has 5 nitrogen and oxygen atoms in total. The van der Waals surface area contributed by atoms with Crippen LogP contribution in [0.25, 0.3) is 10.9 Å². The zero-order valence-corrected chi connectivity index (χ0v) is 16.2. The number of thioether (sulfide) groups is 1. The third-order valence-corrected chi connectivity index (χ3v) is 5.20. The number of fused-ring (bicyclic) bond motifs is 1. The minimum absolute atomic E-state index is 0.149. The van der Waals surface area contributed by atoms with Gasteiger partial charge in [0.25, 0.3) is 0 Å². The number of aryl methyl sites for hydroxylation is 2. The number of aromatic nitrogens is 1. The third-order valence-electron chi connectivity index (χ3n) is 4.21. The van der Waals surface area contributed by atoms with Crippen molar-refractivity contribution >= 4 is 34.3 Å². The summed E-state index contributed by atoms with van der Waals surface area (Å²) in [6, 6.07) is 15.3. The highest BCUT2D eigenvalue weighted by Gasteiger charge is 2.13. The van der Waals surface area contributed by atoms with Crippen LogP contribution < -0.4 is 10.1 Å². The molecule has 0 unspecified atom stereocenters. The molecule has 6 heteroatoms. The average Bonchev–Trinajstić information content (AvgIpc) is 2.69. The van der Waals surface area contributed by atoms with Crippen molar-refractivity contribution in [1.82, 2.24) is 4.98 Å². The normalized spacial score (nSPS) is 10.4. The number of nitriles is 1. The topological polar surface area (TPSA) is 75.0 Å². The predicted octanol–water partition coefficient (Wildman–Crippen LogP) is 4.46. The highest BCUT2D eigenvalue weighted by atomic mass is 32.2. The molecule has 1 N–H and O–H groups in total. The molecule has 1 heterocycles. The second-order valence-electron chi connectivity index (χ2n) is 6.09. The number of ether oxygens (including phenoxy) is 1. The number of nitrogens with zero attached hydrogens (tertiary/aromatic N) is 2. The van der Waals surface area contributed by atoms with Gasteiger partial charge in [-0.2, -0.15) is 5.26 Å². The zero-order valence-electron chi connectivity index (χ0n) is 15.4. The number of pyridine rings is 1. The largest absolute Gasteiger partial charge is 0.495 e. The molecule has 0 saturated heterocycles. The molecule has 0 aliphatic heterocycles. The summed E-state index contributed by atoms with van der Waals surface area (Å²) in [5, 5.41) is 13.8. The van der Waals surface area contributed by atoms with Gasteiger partial charge in [-0.25, -0.2) is 4.98 Å². The third kappa shape index (κ3) is 4.04. The van der Waals surface area contributed by atoms with Crippen LogP contribution in [0.15, 0.2) is 47.5 Å². The van der Waals surface area contributed by atoms with Gasteiger partial charge in [-0.3, -0.25) is 4.79 Å². The minimum Gasteiger partial charge on any atom is -0.495 e. The van der Waals surface area contributed by atoms with Crippen LogP contribution in [0.3, 0.4) is 0 Å². The molecular formula is C21H19N3O2S. The van der Waals surface area contributed by atoms with E-state index < -0.39 is 0 Å². The highest BCUT2D eigenvalue weighted by Crippen LogP contribution is 2.29. The molecule has 3 rings (SSSR count). The van der Waals surface area contributed by atoms with Crippen molar-refractivity contribution in [2.75, 3.05) is 18.2 Å². The number of amides is 1. The van der Waals surface area contributed by atoms with Gasteiger partial charge in [-0.1, -0.05) is 36.0 Å². The average molecular weight is 377 g/mol. The maximum absolute atomic E-state index is 12.3. The SMILES string of the molecule is COc1ccccc1NC(=O)CSc1nc2c(C)ccc(C)c2cc1C#N. The van der Waals surface area contributed by atoms with Crippen LogP contribution in [0.4, 0.5) is 5.69 Å². The molecule has 0 saturated carbocycles. The smallest absolute Gasteiger partial charge is 0.234 e. The molecule has 3 aromatic rings. The quantitative estimate of drug-likeness (QED) is 0.664. The van der Waals surface area contributed by atoms with Crippen molar-refractivity contribution in [3.63, 3.8) is 0 Å². The van der Waals surface area contributed by atoms with Crippen LogP contribution in [0.1, 0.15) is 16.7 Å². The van der Waals surface area contributed by atoms with Crippen LogP contribution in [-0.4, -0.2) is 23.8 Å². The highest BCUT2D eigenvalue weighted by molar-refractivity contribution is 8.00. The zero-order chi connectivity index (χ0) is 19.4. The van der Waals surface area contributed by atoms with Gasteiger partial charge >= 0.3 is 0 Å². The molecule has 1 amide bonds. The van der Waals surface area contributed by atoms with E-state index in [1.165, 1.54) is 11.8 Å². The predicted molar refractivity (Wildman–Crippen MR) is 108 cm³/mol. The van der Waals surface area contributed by atoms with E-state index in [0.717, 1.165) is 22.0 Å². The van der Waals surface area contributed by atoms with Gasteiger partial charge in [0, 0.05) is 5.39 Å². The number of carbonyl (C=O) groups excluding carboxylic acids is 1. The first-order chi connectivity index (χ1) is 13.0. The molecule has 27 heavy (non-hydrogen) atoms. The summed E-state index contributed by atoms with van der Waals surface area (Å²) < 4.78 is 5.24. The van der Waals surface area contributed by atoms with Crippen molar-refractivity contribution < 1.29 is 9.53 Å². The van der Waals surface area contributed by atoms with Crippen molar-refractivity contribution in [2.24, 2.45) is 0 Å². The number of carbonyl (C=O) groups is 1. The molecule has 2 aromatic carbocycles. The summed E-state index contributed by atoms with van der Waals surface area (Å²) in [7, 11) is 1.56. The van der Waals surface area contributed by atoms with Crippen LogP contribution in [-0.2, 0) is 4.79 Å². The number of nitrogens with one attached hydrogen (secondary N) is 1. The molecule has 0 aliphatic carbocycles. The second kappa shape index (κ2) is 8.11. The lowest BCUT2D eigenvalue weighted by molar-refractivity contribution is -0.113. The van der Waals surface area contributed by atoms with E-state index in [9.17, 15) is 10.1 Å². The lowest BCUT2D eigenvalue weighted by atomic mass is 10.0. The summed E-state index contributed by atoms with van der Waals surface area (Å²) >= 11 is 1.26. The summed E-state index contributed by atoms with van der Waals surface area (Å²) in [6.07, 6.45) is 0. The fourth-order valence-electron chi connectivity index (χ4n) is 2.77. The number of anilines is 1. The fraction of sp³-hybridized carbons (Fsp3) is 0.190. The van der Waals surface area contributed by atoms with Crippen molar-refractivity contribution in [1.29, 1.82) is 5.26 Å². The molecular weight excluding hydrogens is 358 g/mol. The van der Waals surface area contributed by atoms with E-state index in [-0.39, 0.29) is 11.7 Å². The Morgan fingerprint density at radius 3 is 2.70 bits per heavy atom. The number of benzene rings is 2. The Morgan fingerprint density at radius 1 is 1.22 bits per heavy atom. The number of hydrogen-bond donors (Lipinski definition) is 1. The Morgan fingerprint density at radius 2 is 1.96 bits per heavy atom. The molecule has 0 fully saturated rings. The molecule has 0 bridgehead atoms. The number of rotatable bonds is 5. The Bertz CT molecular complexity index is 1060. The Hall–Kier alpha value is -3.04. The van der Waals surface area contributed by atoms with Crippen LogP contribution in [0.2, 0.25) is 0 Å². The first-order valence-corrected chi connectivity index (χ1v) is 9.38. The molecule has 1 aromatic heterocycles. The van der Waals surface area contributed by atoms with Crippen LogP contribution in [0, 0.1) is 25.2 Å². The Kier molecular flexibility index (Phi) is 5.63. The summed E-state index contributed by atoms with van der Waals surface area (Å²) in [6.45, 7) is 3.99. The first kappa shape index (κ1) is 18.7.